The minimum absolute atomic E-state index is 0.0722. The van der Waals surface area contributed by atoms with Crippen molar-refractivity contribution in [1.29, 1.82) is 0 Å². The number of sulfonamides is 3. The molecule has 0 radical (unpaired) electrons. The number of rotatable bonds is 8. The molecule has 2 unspecified atom stereocenters. The summed E-state index contributed by atoms with van der Waals surface area (Å²) in [7, 11) is -12.3. The molecule has 9 nitrogen and oxygen atoms in total. The van der Waals surface area contributed by atoms with Crippen LogP contribution in [-0.2, 0) is 30.1 Å². The van der Waals surface area contributed by atoms with Gasteiger partial charge in [0.15, 0.2) is 0 Å². The van der Waals surface area contributed by atoms with Crippen LogP contribution in [0.4, 0.5) is 0 Å². The molecule has 1 saturated heterocycles. The van der Waals surface area contributed by atoms with Crippen LogP contribution in [0.2, 0.25) is 0 Å². The van der Waals surface area contributed by atoms with Crippen LogP contribution in [0.15, 0.2) is 87.5 Å². The molecule has 4 rings (SSSR count). The van der Waals surface area contributed by atoms with Crippen molar-refractivity contribution >= 4 is 30.1 Å². The van der Waals surface area contributed by atoms with Gasteiger partial charge >= 0.3 is 0 Å². The quantitative estimate of drug-likeness (QED) is 0.355. The number of aryl methyl sites for hydroxylation is 3. The van der Waals surface area contributed by atoms with Crippen molar-refractivity contribution in [3.05, 3.63) is 89.5 Å². The van der Waals surface area contributed by atoms with Crippen molar-refractivity contribution in [1.82, 2.24) is 12.9 Å². The van der Waals surface area contributed by atoms with E-state index in [-0.39, 0.29) is 40.9 Å². The van der Waals surface area contributed by atoms with Gasteiger partial charge in [-0.05, 0) is 70.0 Å². The van der Waals surface area contributed by atoms with Gasteiger partial charge in [0.2, 0.25) is 30.1 Å². The second-order valence-corrected chi connectivity index (χ2v) is 16.8. The molecule has 0 bridgehead atoms. The SMILES string of the molecule is CCC1CN(S(=O)(=O)c2ccc(C)cc2)CC(CC)N(S(=O)(=O)c2ccc(C)cc2)CCN1S(=O)(=O)c1ccc(C)cc1. The van der Waals surface area contributed by atoms with Crippen LogP contribution in [0, 0.1) is 20.8 Å². The highest BCUT2D eigenvalue weighted by molar-refractivity contribution is 7.90. The average Bonchev–Trinajstić information content (AvgIpc) is 3.05. The van der Waals surface area contributed by atoms with Gasteiger partial charge in [-0.15, -0.1) is 0 Å². The Morgan fingerprint density at radius 2 is 0.791 bits per heavy atom. The van der Waals surface area contributed by atoms with Crippen molar-refractivity contribution in [3.63, 3.8) is 0 Å². The summed E-state index contributed by atoms with van der Waals surface area (Å²) in [4.78, 5) is 0.218. The molecule has 3 aromatic rings. The van der Waals surface area contributed by atoms with Crippen LogP contribution >= 0.6 is 0 Å². The molecule has 0 saturated carbocycles. The van der Waals surface area contributed by atoms with Crippen LogP contribution in [0.5, 0.6) is 0 Å². The van der Waals surface area contributed by atoms with Crippen LogP contribution in [0.3, 0.4) is 0 Å². The predicted molar refractivity (Wildman–Crippen MR) is 168 cm³/mol. The van der Waals surface area contributed by atoms with E-state index in [1.807, 2.05) is 34.6 Å². The van der Waals surface area contributed by atoms with E-state index in [1.165, 1.54) is 49.3 Å². The molecule has 3 aromatic carbocycles. The normalized spacial score (nSPS) is 20.3. The lowest BCUT2D eigenvalue weighted by atomic mass is 10.2. The third-order valence-corrected chi connectivity index (χ3v) is 13.8. The van der Waals surface area contributed by atoms with Gasteiger partial charge in [-0.1, -0.05) is 66.9 Å². The molecule has 12 heteroatoms. The smallest absolute Gasteiger partial charge is 0.207 e. The van der Waals surface area contributed by atoms with Crippen LogP contribution < -0.4 is 0 Å². The molecule has 0 aromatic heterocycles. The van der Waals surface area contributed by atoms with Gasteiger partial charge in [0.25, 0.3) is 0 Å². The molecule has 0 aliphatic carbocycles. The van der Waals surface area contributed by atoms with Gasteiger partial charge < -0.3 is 0 Å². The van der Waals surface area contributed by atoms with Gasteiger partial charge in [-0.3, -0.25) is 0 Å². The van der Waals surface area contributed by atoms with Gasteiger partial charge in [-0.25, -0.2) is 25.3 Å². The summed E-state index contributed by atoms with van der Waals surface area (Å²) in [5, 5.41) is 0. The van der Waals surface area contributed by atoms with Gasteiger partial charge in [0, 0.05) is 38.3 Å². The summed E-state index contributed by atoms with van der Waals surface area (Å²) >= 11 is 0. The zero-order valence-electron chi connectivity index (χ0n) is 25.3. The highest BCUT2D eigenvalue weighted by atomic mass is 32.2. The zero-order valence-corrected chi connectivity index (χ0v) is 27.8. The lowest BCUT2D eigenvalue weighted by molar-refractivity contribution is 0.264. The predicted octanol–water partition coefficient (Wildman–Crippen LogP) is 4.56. The molecular formula is C31H41N3O6S3. The van der Waals surface area contributed by atoms with Crippen molar-refractivity contribution in [3.8, 4) is 0 Å². The lowest BCUT2D eigenvalue weighted by Crippen LogP contribution is -2.49. The van der Waals surface area contributed by atoms with Gasteiger partial charge in [0.05, 0.1) is 14.7 Å². The largest absolute Gasteiger partial charge is 0.243 e. The first kappa shape index (κ1) is 33.3. The standard InChI is InChI=1S/C31H41N3O6S3/c1-6-27-22-32(41(35,36)29-14-8-24(3)9-15-29)23-28(7-2)34(43(39,40)31-18-12-26(5)13-19-31)21-20-33(27)42(37,38)30-16-10-25(4)11-17-30/h8-19,27-28H,6-7,20-23H2,1-5H3. The molecular weight excluding hydrogens is 607 g/mol. The lowest BCUT2D eigenvalue weighted by Gasteiger charge is -2.33. The summed E-state index contributed by atoms with van der Waals surface area (Å²) in [6.07, 6.45) is 0.652. The van der Waals surface area contributed by atoms with E-state index < -0.39 is 42.2 Å². The highest BCUT2D eigenvalue weighted by Crippen LogP contribution is 2.29. The summed E-state index contributed by atoms with van der Waals surface area (Å²) in [5.41, 5.74) is 2.69. The van der Waals surface area contributed by atoms with E-state index in [0.717, 1.165) is 16.7 Å². The van der Waals surface area contributed by atoms with Crippen LogP contribution in [-0.4, -0.2) is 76.4 Å². The zero-order chi connectivity index (χ0) is 31.6. The van der Waals surface area contributed by atoms with Crippen molar-refractivity contribution in [2.24, 2.45) is 0 Å². The number of nitrogens with zero attached hydrogens (tertiary/aromatic N) is 3. The molecule has 1 fully saturated rings. The molecule has 1 aliphatic heterocycles. The summed E-state index contributed by atoms with van der Waals surface area (Å²) < 4.78 is 88.5. The summed E-state index contributed by atoms with van der Waals surface area (Å²) in [6.45, 7) is 8.71. The molecule has 0 amide bonds. The highest BCUT2D eigenvalue weighted by Gasteiger charge is 2.41. The maximum absolute atomic E-state index is 14.1. The average molecular weight is 648 g/mol. The fraction of sp³-hybridized carbons (Fsp3) is 0.419. The number of hydrogen-bond donors (Lipinski definition) is 0. The Hall–Kier alpha value is -2.61. The third-order valence-electron chi connectivity index (χ3n) is 8.04. The van der Waals surface area contributed by atoms with Crippen LogP contribution in [0.1, 0.15) is 43.4 Å². The molecule has 1 aliphatic rings. The topological polar surface area (TPSA) is 112 Å². The van der Waals surface area contributed by atoms with E-state index in [1.54, 1.807) is 36.4 Å². The minimum atomic E-state index is -4.11. The molecule has 2 atom stereocenters. The van der Waals surface area contributed by atoms with E-state index in [9.17, 15) is 25.3 Å². The first-order valence-electron chi connectivity index (χ1n) is 14.5. The Morgan fingerprint density at radius 1 is 0.512 bits per heavy atom. The Bertz CT molecular complexity index is 1630. The fourth-order valence-corrected chi connectivity index (χ4v) is 10.2. The summed E-state index contributed by atoms with van der Waals surface area (Å²) in [6, 6.07) is 18.0. The second-order valence-electron chi connectivity index (χ2n) is 11.1. The molecule has 0 N–H and O–H groups in total. The van der Waals surface area contributed by atoms with Crippen molar-refractivity contribution < 1.29 is 25.3 Å². The Labute approximate surface area is 257 Å². The van der Waals surface area contributed by atoms with E-state index in [0.29, 0.717) is 12.8 Å². The second kappa shape index (κ2) is 13.2. The third kappa shape index (κ3) is 7.05. The Morgan fingerprint density at radius 3 is 1.07 bits per heavy atom. The summed E-state index contributed by atoms with van der Waals surface area (Å²) in [5.74, 6) is 0. The maximum atomic E-state index is 14.1. The van der Waals surface area contributed by atoms with E-state index in [2.05, 4.69) is 0 Å². The minimum Gasteiger partial charge on any atom is -0.207 e. The molecule has 1 heterocycles. The first-order chi connectivity index (χ1) is 20.2. The van der Waals surface area contributed by atoms with Gasteiger partial charge in [-0.2, -0.15) is 12.9 Å². The van der Waals surface area contributed by atoms with E-state index in [4.69, 9.17) is 0 Å². The maximum Gasteiger partial charge on any atom is 0.243 e. The van der Waals surface area contributed by atoms with Gasteiger partial charge in [0.1, 0.15) is 0 Å². The number of hydrogen-bond acceptors (Lipinski definition) is 6. The molecule has 43 heavy (non-hydrogen) atoms. The van der Waals surface area contributed by atoms with Crippen LogP contribution in [0.25, 0.3) is 0 Å². The number of benzene rings is 3. The van der Waals surface area contributed by atoms with Crippen molar-refractivity contribution in [2.75, 3.05) is 26.2 Å². The fourth-order valence-electron chi connectivity index (χ4n) is 5.33. The monoisotopic (exact) mass is 647 g/mol. The van der Waals surface area contributed by atoms with E-state index >= 15 is 0 Å². The van der Waals surface area contributed by atoms with Crippen molar-refractivity contribution in [2.45, 2.75) is 74.2 Å². The Balaban J connectivity index is 1.88. The Kier molecular flexibility index (Phi) is 10.2. The molecule has 234 valence electrons. The first-order valence-corrected chi connectivity index (χ1v) is 18.8. The molecule has 0 spiro atoms.